The predicted octanol–water partition coefficient (Wildman–Crippen LogP) is 2.19. The van der Waals surface area contributed by atoms with E-state index in [1.165, 1.54) is 0 Å². The van der Waals surface area contributed by atoms with Crippen LogP contribution in [0.4, 0.5) is 5.69 Å². The summed E-state index contributed by atoms with van der Waals surface area (Å²) in [6.07, 6.45) is 0. The SMILES string of the molecule is Cc1c(N)ccc2c1cc(C(=O)O)n2C.Cl. The van der Waals surface area contributed by atoms with Crippen molar-refractivity contribution < 1.29 is 9.90 Å². The summed E-state index contributed by atoms with van der Waals surface area (Å²) in [6.45, 7) is 1.89. The number of benzene rings is 1. The van der Waals surface area contributed by atoms with Gasteiger partial charge in [-0.15, -0.1) is 12.4 Å². The molecule has 0 saturated heterocycles. The molecule has 0 bridgehead atoms. The molecule has 5 heteroatoms. The van der Waals surface area contributed by atoms with E-state index >= 15 is 0 Å². The molecule has 1 heterocycles. The van der Waals surface area contributed by atoms with E-state index in [1.807, 2.05) is 13.0 Å². The molecule has 2 rings (SSSR count). The van der Waals surface area contributed by atoms with Gasteiger partial charge in [-0.2, -0.15) is 0 Å². The van der Waals surface area contributed by atoms with Crippen LogP contribution in [0.3, 0.4) is 0 Å². The zero-order valence-electron chi connectivity index (χ0n) is 9.02. The van der Waals surface area contributed by atoms with Crippen molar-refractivity contribution in [2.24, 2.45) is 7.05 Å². The maximum Gasteiger partial charge on any atom is 0.352 e. The normalized spacial score (nSPS) is 10.1. The number of hydrogen-bond acceptors (Lipinski definition) is 2. The second kappa shape index (κ2) is 4.06. The first-order valence-corrected chi connectivity index (χ1v) is 4.60. The molecule has 0 amide bonds. The maximum absolute atomic E-state index is 10.9. The van der Waals surface area contributed by atoms with Crippen LogP contribution in [-0.2, 0) is 7.05 Å². The van der Waals surface area contributed by atoms with Crippen molar-refractivity contribution >= 4 is 35.0 Å². The van der Waals surface area contributed by atoms with Crippen LogP contribution in [0.25, 0.3) is 10.9 Å². The van der Waals surface area contributed by atoms with Crippen LogP contribution < -0.4 is 5.73 Å². The third kappa shape index (κ3) is 1.61. The van der Waals surface area contributed by atoms with Crippen molar-refractivity contribution in [1.29, 1.82) is 0 Å². The van der Waals surface area contributed by atoms with Crippen LogP contribution in [0.2, 0.25) is 0 Å². The van der Waals surface area contributed by atoms with Gasteiger partial charge in [0.2, 0.25) is 0 Å². The number of anilines is 1. The smallest absolute Gasteiger partial charge is 0.352 e. The Kier molecular flexibility index (Phi) is 3.14. The quantitative estimate of drug-likeness (QED) is 0.751. The minimum absolute atomic E-state index is 0. The van der Waals surface area contributed by atoms with E-state index in [2.05, 4.69) is 0 Å². The summed E-state index contributed by atoms with van der Waals surface area (Å²) in [4.78, 5) is 10.9. The van der Waals surface area contributed by atoms with E-state index < -0.39 is 5.97 Å². The van der Waals surface area contributed by atoms with Crippen LogP contribution in [0.15, 0.2) is 18.2 Å². The number of carbonyl (C=O) groups is 1. The minimum atomic E-state index is -0.924. The number of aromatic carboxylic acids is 1. The Morgan fingerprint density at radius 3 is 2.62 bits per heavy atom. The zero-order valence-corrected chi connectivity index (χ0v) is 9.84. The number of carboxylic acids is 1. The summed E-state index contributed by atoms with van der Waals surface area (Å²) in [5, 5.41) is 9.87. The molecule has 1 aromatic carbocycles. The van der Waals surface area contributed by atoms with Crippen molar-refractivity contribution in [1.82, 2.24) is 4.57 Å². The fourth-order valence-electron chi connectivity index (χ4n) is 1.77. The number of halogens is 1. The Labute approximate surface area is 99.1 Å². The van der Waals surface area contributed by atoms with Crippen molar-refractivity contribution in [2.75, 3.05) is 5.73 Å². The highest BCUT2D eigenvalue weighted by molar-refractivity contribution is 5.97. The first-order chi connectivity index (χ1) is 7.02. The predicted molar refractivity (Wildman–Crippen MR) is 66.3 cm³/mol. The second-order valence-electron chi connectivity index (χ2n) is 3.61. The molecule has 3 N–H and O–H groups in total. The highest BCUT2D eigenvalue weighted by atomic mass is 35.5. The number of aryl methyl sites for hydroxylation is 2. The van der Waals surface area contributed by atoms with Gasteiger partial charge in [0.15, 0.2) is 0 Å². The number of hydrogen-bond donors (Lipinski definition) is 2. The molecule has 2 aromatic rings. The summed E-state index contributed by atoms with van der Waals surface area (Å²) in [5.74, 6) is -0.924. The van der Waals surface area contributed by atoms with E-state index in [9.17, 15) is 4.79 Å². The van der Waals surface area contributed by atoms with E-state index in [1.54, 1.807) is 23.7 Å². The third-order valence-corrected chi connectivity index (χ3v) is 2.76. The van der Waals surface area contributed by atoms with Crippen LogP contribution in [-0.4, -0.2) is 15.6 Å². The molecule has 4 nitrogen and oxygen atoms in total. The topological polar surface area (TPSA) is 68.2 Å². The summed E-state index contributed by atoms with van der Waals surface area (Å²) in [7, 11) is 1.74. The standard InChI is InChI=1S/C11H12N2O2.ClH/c1-6-7-5-10(11(14)15)13(2)9(7)4-3-8(6)12;/h3-5H,12H2,1-2H3,(H,14,15);1H. The Morgan fingerprint density at radius 1 is 1.44 bits per heavy atom. The van der Waals surface area contributed by atoms with Gasteiger partial charge in [-0.1, -0.05) is 0 Å². The molecule has 86 valence electrons. The Hall–Kier alpha value is -1.68. The molecule has 0 radical (unpaired) electrons. The Bertz CT molecular complexity index is 561. The number of fused-ring (bicyclic) bond motifs is 1. The largest absolute Gasteiger partial charge is 0.477 e. The molecule has 16 heavy (non-hydrogen) atoms. The van der Waals surface area contributed by atoms with Gasteiger partial charge in [-0.25, -0.2) is 4.79 Å². The van der Waals surface area contributed by atoms with Gasteiger partial charge in [0.25, 0.3) is 0 Å². The van der Waals surface area contributed by atoms with E-state index in [0.29, 0.717) is 5.69 Å². The molecule has 0 unspecified atom stereocenters. The monoisotopic (exact) mass is 240 g/mol. The van der Waals surface area contributed by atoms with E-state index in [4.69, 9.17) is 10.8 Å². The fraction of sp³-hybridized carbons (Fsp3) is 0.182. The van der Waals surface area contributed by atoms with E-state index in [0.717, 1.165) is 16.5 Å². The van der Waals surface area contributed by atoms with Gasteiger partial charge >= 0.3 is 5.97 Å². The number of carboxylic acid groups (broad SMARTS) is 1. The molecule has 0 aliphatic heterocycles. The lowest BCUT2D eigenvalue weighted by atomic mass is 10.1. The highest BCUT2D eigenvalue weighted by Gasteiger charge is 2.13. The lowest BCUT2D eigenvalue weighted by Gasteiger charge is -2.02. The van der Waals surface area contributed by atoms with Crippen molar-refractivity contribution in [3.63, 3.8) is 0 Å². The van der Waals surface area contributed by atoms with Crippen molar-refractivity contribution in [2.45, 2.75) is 6.92 Å². The number of nitrogens with zero attached hydrogens (tertiary/aromatic N) is 1. The van der Waals surface area contributed by atoms with Crippen LogP contribution in [0.1, 0.15) is 16.1 Å². The number of nitrogen functional groups attached to an aromatic ring is 1. The first kappa shape index (κ1) is 12.4. The zero-order chi connectivity index (χ0) is 11.2. The van der Waals surface area contributed by atoms with Gasteiger partial charge in [0.05, 0.1) is 0 Å². The molecule has 1 aromatic heterocycles. The minimum Gasteiger partial charge on any atom is -0.477 e. The van der Waals surface area contributed by atoms with Crippen molar-refractivity contribution in [3.8, 4) is 0 Å². The lowest BCUT2D eigenvalue weighted by molar-refractivity contribution is 0.0687. The highest BCUT2D eigenvalue weighted by Crippen LogP contribution is 2.26. The molecule has 0 aliphatic carbocycles. The van der Waals surface area contributed by atoms with Crippen LogP contribution in [0.5, 0.6) is 0 Å². The van der Waals surface area contributed by atoms with Crippen LogP contribution >= 0.6 is 12.4 Å². The molecule has 0 saturated carbocycles. The number of rotatable bonds is 1. The van der Waals surface area contributed by atoms with Gasteiger partial charge in [0.1, 0.15) is 5.69 Å². The number of aromatic nitrogens is 1. The molecule has 0 atom stereocenters. The summed E-state index contributed by atoms with van der Waals surface area (Å²) >= 11 is 0. The lowest BCUT2D eigenvalue weighted by Crippen LogP contribution is -2.03. The van der Waals surface area contributed by atoms with Gasteiger partial charge in [-0.05, 0) is 30.7 Å². The van der Waals surface area contributed by atoms with Gasteiger partial charge in [-0.3, -0.25) is 0 Å². The fourth-order valence-corrected chi connectivity index (χ4v) is 1.77. The first-order valence-electron chi connectivity index (χ1n) is 4.60. The Balaban J connectivity index is 0.00000128. The average molecular weight is 241 g/mol. The Morgan fingerprint density at radius 2 is 2.06 bits per heavy atom. The van der Waals surface area contributed by atoms with E-state index in [-0.39, 0.29) is 18.1 Å². The maximum atomic E-state index is 10.9. The van der Waals surface area contributed by atoms with Crippen LogP contribution in [0, 0.1) is 6.92 Å². The molecular formula is C11H13ClN2O2. The molecule has 0 spiro atoms. The third-order valence-electron chi connectivity index (χ3n) is 2.76. The summed E-state index contributed by atoms with van der Waals surface area (Å²) in [6, 6.07) is 5.29. The molecule has 0 aliphatic rings. The summed E-state index contributed by atoms with van der Waals surface area (Å²) < 4.78 is 1.66. The average Bonchev–Trinajstić information content (AvgIpc) is 2.51. The molecular weight excluding hydrogens is 228 g/mol. The number of nitrogens with two attached hydrogens (primary N) is 1. The second-order valence-corrected chi connectivity index (χ2v) is 3.61. The summed E-state index contributed by atoms with van der Waals surface area (Å²) in [5.41, 5.74) is 8.54. The van der Waals surface area contributed by atoms with Gasteiger partial charge < -0.3 is 15.4 Å². The van der Waals surface area contributed by atoms with Gasteiger partial charge in [0, 0.05) is 23.6 Å². The van der Waals surface area contributed by atoms with Crippen molar-refractivity contribution in [3.05, 3.63) is 29.5 Å². The molecule has 0 fully saturated rings.